The van der Waals surface area contributed by atoms with Gasteiger partial charge in [-0.1, -0.05) is 0 Å². The van der Waals surface area contributed by atoms with Crippen LogP contribution in [0.15, 0.2) is 0 Å². The van der Waals surface area contributed by atoms with Gasteiger partial charge in [0.25, 0.3) is 0 Å². The first-order valence-corrected chi connectivity index (χ1v) is 4.29. The molecule has 4 N–H and O–H groups in total. The van der Waals surface area contributed by atoms with E-state index in [1.807, 2.05) is 0 Å². The third-order valence-corrected chi connectivity index (χ3v) is 1.52. The van der Waals surface area contributed by atoms with E-state index in [2.05, 4.69) is 0 Å². The molecule has 0 spiro atoms. The van der Waals surface area contributed by atoms with E-state index in [1.54, 1.807) is 6.92 Å². The zero-order valence-corrected chi connectivity index (χ0v) is 7.76. The Hall–Kier alpha value is -0.200. The Morgan fingerprint density at radius 2 is 1.77 bits per heavy atom. The molecule has 0 heterocycles. The molecule has 80 valence electrons. The summed E-state index contributed by atoms with van der Waals surface area (Å²) in [4.78, 5) is 0. The summed E-state index contributed by atoms with van der Waals surface area (Å²) in [6, 6.07) is 0. The molecule has 0 saturated carbocycles. The molecule has 0 amide bonds. The zero-order valence-electron chi connectivity index (χ0n) is 7.76. The van der Waals surface area contributed by atoms with Crippen molar-refractivity contribution in [3.05, 3.63) is 0 Å². The first kappa shape index (κ1) is 12.8. The van der Waals surface area contributed by atoms with E-state index < -0.39 is 18.3 Å². The predicted molar refractivity (Wildman–Crippen MR) is 46.2 cm³/mol. The van der Waals surface area contributed by atoms with Crippen LogP contribution in [0, 0.1) is 0 Å². The number of rotatable bonds is 7. The zero-order chi connectivity index (χ0) is 10.3. The van der Waals surface area contributed by atoms with Crippen LogP contribution in [0.4, 0.5) is 0 Å². The van der Waals surface area contributed by atoms with Gasteiger partial charge in [0, 0.05) is 6.42 Å². The molecule has 3 atom stereocenters. The first-order valence-electron chi connectivity index (χ1n) is 4.29. The summed E-state index contributed by atoms with van der Waals surface area (Å²) in [7, 11) is 0. The average Bonchev–Trinajstić information content (AvgIpc) is 2.11. The molecule has 0 aliphatic carbocycles. The van der Waals surface area contributed by atoms with Crippen LogP contribution in [-0.4, -0.2) is 58.6 Å². The minimum absolute atomic E-state index is 0.114. The molecular weight excluding hydrogens is 176 g/mol. The molecule has 0 aromatic heterocycles. The molecule has 0 radical (unpaired) electrons. The largest absolute Gasteiger partial charge is 0.394 e. The highest BCUT2D eigenvalue weighted by Crippen LogP contribution is 2.03. The molecule has 0 bridgehead atoms. The smallest absolute Gasteiger partial charge is 0.0832 e. The molecule has 0 aromatic rings. The van der Waals surface area contributed by atoms with E-state index in [0.717, 1.165) is 0 Å². The van der Waals surface area contributed by atoms with Crippen molar-refractivity contribution >= 4 is 0 Å². The molecule has 3 unspecified atom stereocenters. The fraction of sp³-hybridized carbons (Fsp3) is 1.00. The normalized spacial score (nSPS) is 18.2. The molecule has 0 fully saturated rings. The van der Waals surface area contributed by atoms with Crippen LogP contribution in [0.1, 0.15) is 13.3 Å². The molecule has 0 rings (SSSR count). The quantitative estimate of drug-likeness (QED) is 0.395. The second kappa shape index (κ2) is 7.23. The minimum Gasteiger partial charge on any atom is -0.394 e. The average molecular weight is 194 g/mol. The van der Waals surface area contributed by atoms with Gasteiger partial charge >= 0.3 is 0 Å². The van der Waals surface area contributed by atoms with Gasteiger partial charge in [-0.05, 0) is 6.92 Å². The van der Waals surface area contributed by atoms with E-state index in [-0.39, 0.29) is 26.2 Å². The van der Waals surface area contributed by atoms with Crippen LogP contribution in [-0.2, 0) is 4.74 Å². The number of aliphatic hydroxyl groups is 4. The third-order valence-electron chi connectivity index (χ3n) is 1.52. The van der Waals surface area contributed by atoms with Crippen LogP contribution in [0.3, 0.4) is 0 Å². The minimum atomic E-state index is -0.883. The lowest BCUT2D eigenvalue weighted by molar-refractivity contribution is -0.0529. The van der Waals surface area contributed by atoms with Gasteiger partial charge in [-0.15, -0.1) is 0 Å². The van der Waals surface area contributed by atoms with Gasteiger partial charge in [-0.25, -0.2) is 0 Å². The Morgan fingerprint density at radius 1 is 1.15 bits per heavy atom. The van der Waals surface area contributed by atoms with Crippen LogP contribution >= 0.6 is 0 Å². The molecule has 0 aromatic carbocycles. The molecule has 13 heavy (non-hydrogen) atoms. The first-order chi connectivity index (χ1) is 6.10. The maximum atomic E-state index is 9.02. The molecule has 5 nitrogen and oxygen atoms in total. The van der Waals surface area contributed by atoms with Gasteiger partial charge in [-0.3, -0.25) is 0 Å². The molecule has 0 aliphatic heterocycles. The second-order valence-corrected chi connectivity index (χ2v) is 3.06. The van der Waals surface area contributed by atoms with E-state index >= 15 is 0 Å². The van der Waals surface area contributed by atoms with E-state index in [4.69, 9.17) is 25.2 Å². The topological polar surface area (TPSA) is 90.2 Å². The fourth-order valence-electron chi connectivity index (χ4n) is 0.849. The number of ether oxygens (including phenoxy) is 1. The number of hydrogen-bond acceptors (Lipinski definition) is 5. The van der Waals surface area contributed by atoms with Crippen molar-refractivity contribution in [3.63, 3.8) is 0 Å². The summed E-state index contributed by atoms with van der Waals surface area (Å²) in [6.07, 6.45) is -1.84. The lowest BCUT2D eigenvalue weighted by atomic mass is 10.2. The summed E-state index contributed by atoms with van der Waals surface area (Å²) >= 11 is 0. The predicted octanol–water partition coefficient (Wildman–Crippen LogP) is -1.51. The van der Waals surface area contributed by atoms with Gasteiger partial charge in [0.1, 0.15) is 0 Å². The SMILES string of the molecule is CC(O)COC(CO)CC(O)CO. The van der Waals surface area contributed by atoms with Gasteiger partial charge in [0.15, 0.2) is 0 Å². The molecule has 5 heteroatoms. The van der Waals surface area contributed by atoms with Gasteiger partial charge in [0.2, 0.25) is 0 Å². The monoisotopic (exact) mass is 194 g/mol. The summed E-state index contributed by atoms with van der Waals surface area (Å²) < 4.78 is 5.05. The third kappa shape index (κ3) is 6.92. The highest BCUT2D eigenvalue weighted by atomic mass is 16.5. The van der Waals surface area contributed by atoms with Crippen molar-refractivity contribution in [2.24, 2.45) is 0 Å². The van der Waals surface area contributed by atoms with E-state index in [0.29, 0.717) is 0 Å². The molecular formula is C8H18O5. The van der Waals surface area contributed by atoms with Crippen molar-refractivity contribution in [1.82, 2.24) is 0 Å². The Balaban J connectivity index is 3.62. The van der Waals surface area contributed by atoms with Crippen molar-refractivity contribution in [2.45, 2.75) is 31.7 Å². The molecule has 0 saturated heterocycles. The van der Waals surface area contributed by atoms with Gasteiger partial charge in [0.05, 0.1) is 38.1 Å². The van der Waals surface area contributed by atoms with Crippen molar-refractivity contribution < 1.29 is 25.2 Å². The van der Waals surface area contributed by atoms with Crippen LogP contribution < -0.4 is 0 Å². The molecule has 0 aliphatic rings. The highest BCUT2D eigenvalue weighted by Gasteiger charge is 2.14. The standard InChI is InChI=1S/C8H18O5/c1-6(11)5-13-8(4-10)2-7(12)3-9/h6-12H,2-5H2,1H3. The van der Waals surface area contributed by atoms with Crippen molar-refractivity contribution in [2.75, 3.05) is 19.8 Å². The summed E-state index contributed by atoms with van der Waals surface area (Å²) in [5, 5.41) is 35.2. The maximum Gasteiger partial charge on any atom is 0.0832 e. The van der Waals surface area contributed by atoms with Gasteiger partial charge in [-0.2, -0.15) is 0 Å². The number of aliphatic hydroxyl groups excluding tert-OH is 4. The van der Waals surface area contributed by atoms with E-state index in [1.165, 1.54) is 0 Å². The Kier molecular flexibility index (Phi) is 7.12. The Labute approximate surface area is 77.6 Å². The van der Waals surface area contributed by atoms with Gasteiger partial charge < -0.3 is 25.2 Å². The summed E-state index contributed by atoms with van der Waals surface area (Å²) in [5.74, 6) is 0. The lowest BCUT2D eigenvalue weighted by Crippen LogP contribution is -2.28. The Morgan fingerprint density at radius 3 is 2.15 bits per heavy atom. The van der Waals surface area contributed by atoms with Crippen LogP contribution in [0.5, 0.6) is 0 Å². The number of hydrogen-bond donors (Lipinski definition) is 4. The van der Waals surface area contributed by atoms with Crippen molar-refractivity contribution in [1.29, 1.82) is 0 Å². The van der Waals surface area contributed by atoms with Crippen LogP contribution in [0.2, 0.25) is 0 Å². The lowest BCUT2D eigenvalue weighted by Gasteiger charge is -2.18. The van der Waals surface area contributed by atoms with Crippen LogP contribution in [0.25, 0.3) is 0 Å². The van der Waals surface area contributed by atoms with Crippen molar-refractivity contribution in [3.8, 4) is 0 Å². The second-order valence-electron chi connectivity index (χ2n) is 3.06. The summed E-state index contributed by atoms with van der Waals surface area (Å²) in [6.45, 7) is 1.10. The highest BCUT2D eigenvalue weighted by molar-refractivity contribution is 4.63. The maximum absolute atomic E-state index is 9.02. The Bertz CT molecular complexity index is 117. The fourth-order valence-corrected chi connectivity index (χ4v) is 0.849. The van der Waals surface area contributed by atoms with E-state index in [9.17, 15) is 0 Å². The summed E-state index contributed by atoms with van der Waals surface area (Å²) in [5.41, 5.74) is 0.